The average Bonchev–Trinajstić information content (AvgIpc) is 3.56. The first-order chi connectivity index (χ1) is 28.3. The van der Waals surface area contributed by atoms with Gasteiger partial charge in [-0.2, -0.15) is 4.98 Å². The van der Waals surface area contributed by atoms with Gasteiger partial charge in [-0.15, -0.1) is 0 Å². The molecule has 22 heteroatoms. The number of unbranched alkanes of at least 4 members (excludes halogenated alkanes) is 3. The monoisotopic (exact) mass is 928 g/mol. The molecule has 4 atom stereocenters. The molecule has 17 nitrogen and oxygen atoms in total. The van der Waals surface area contributed by atoms with Crippen molar-refractivity contribution < 1.29 is 52.6 Å². The van der Waals surface area contributed by atoms with Crippen LogP contribution in [0, 0.1) is 13.8 Å². The first kappa shape index (κ1) is 45.3. The molecule has 1 fully saturated rings. The lowest BCUT2D eigenvalue weighted by atomic mass is 9.87. The van der Waals surface area contributed by atoms with E-state index in [2.05, 4.69) is 10.3 Å². The fraction of sp³-hybridized carbons (Fsp3) is 0.342. The van der Waals surface area contributed by atoms with Crippen molar-refractivity contribution in [3.63, 3.8) is 0 Å². The molecule has 60 heavy (non-hydrogen) atoms. The molecular weight excluding hydrogens is 893 g/mol. The number of phenols is 1. The second-order valence-electron chi connectivity index (χ2n) is 13.9. The molecule has 4 unspecified atom stereocenters. The number of hydrogen-bond acceptors (Lipinski definition) is 13. The standard InChI is InChI=1S/C38H37Cl4N4O13P/c1-16-32(48)22(40)11-18-28(19-12-23(41)33(49)17(2)35(19)59-34(16)18)30-29(37(51)52)21(39)13-20(31(30)42)36(50)44-8-5-3-4-6-10-56-60(54,55)57-15-25-24(47)14-27(58-25)46-9-7-26(43)45-38(46)53/h7,9,11-13,24-25,27,47-48H,3-6,8,10,14-15H2,1-2H3,(H,44,50)(H,51,52)(H,54,55)(H2,43,45,53). The zero-order chi connectivity index (χ0) is 43.8. The topological polar surface area (TPSA) is 263 Å². The summed E-state index contributed by atoms with van der Waals surface area (Å²) in [7, 11) is -4.52. The summed E-state index contributed by atoms with van der Waals surface area (Å²) in [6.07, 6.45) is 0.279. The Hall–Kier alpha value is -4.26. The number of amides is 1. The average molecular weight is 931 g/mol. The van der Waals surface area contributed by atoms with E-state index < -0.39 is 61.4 Å². The number of phenolic OH excluding ortho intramolecular Hbond substituents is 1. The number of rotatable bonds is 15. The highest BCUT2D eigenvalue weighted by atomic mass is 35.5. The van der Waals surface area contributed by atoms with Crippen LogP contribution in [0.1, 0.15) is 70.2 Å². The van der Waals surface area contributed by atoms with Crippen molar-refractivity contribution in [1.29, 1.82) is 0 Å². The molecule has 0 radical (unpaired) electrons. The van der Waals surface area contributed by atoms with Crippen LogP contribution in [0.5, 0.6) is 5.75 Å². The number of fused-ring (bicyclic) bond motifs is 2. The van der Waals surface area contributed by atoms with E-state index in [1.807, 2.05) is 0 Å². The number of nitrogens with zero attached hydrogens (tertiary/aromatic N) is 2. The number of carbonyl (C=O) groups is 2. The number of halogens is 4. The maximum Gasteiger partial charge on any atom is 0.472 e. The third-order valence-corrected chi connectivity index (χ3v) is 12.1. The number of carboxylic acids is 1. The number of anilines is 1. The normalized spacial score (nSPS) is 17.6. The molecule has 1 aliphatic carbocycles. The number of carboxylic acid groups (broad SMARTS) is 1. The molecular formula is C38H37Cl4N4O13P. The molecule has 3 aliphatic rings. The van der Waals surface area contributed by atoms with Crippen molar-refractivity contribution in [2.24, 2.45) is 0 Å². The largest absolute Gasteiger partial charge is 0.506 e. The fourth-order valence-corrected chi connectivity index (χ4v) is 8.71. The number of nitrogens with one attached hydrogen (secondary N) is 1. The molecule has 6 rings (SSSR count). The van der Waals surface area contributed by atoms with Crippen LogP contribution in [0.25, 0.3) is 33.4 Å². The van der Waals surface area contributed by atoms with Crippen LogP contribution in [0.2, 0.25) is 20.1 Å². The van der Waals surface area contributed by atoms with Crippen LogP contribution >= 0.6 is 54.2 Å². The smallest absolute Gasteiger partial charge is 0.472 e. The number of hydrogen-bond donors (Lipinski definition) is 6. The molecule has 1 amide bonds. The number of phosphoric acid groups is 1. The Labute approximate surface area is 360 Å². The number of nitrogens with two attached hydrogens (primary N) is 1. The van der Waals surface area contributed by atoms with Gasteiger partial charge >= 0.3 is 19.5 Å². The highest BCUT2D eigenvalue weighted by Gasteiger charge is 2.38. The van der Waals surface area contributed by atoms with Gasteiger partial charge in [0.1, 0.15) is 35.2 Å². The van der Waals surface area contributed by atoms with Crippen molar-refractivity contribution in [3.05, 3.63) is 93.5 Å². The molecule has 2 aromatic carbocycles. The number of aryl methyl sites for hydroxylation is 1. The Morgan fingerprint density at radius 3 is 2.43 bits per heavy atom. The lowest BCUT2D eigenvalue weighted by Gasteiger charge is -2.22. The van der Waals surface area contributed by atoms with E-state index in [0.717, 1.165) is 10.6 Å². The number of nitrogen functional groups attached to an aromatic ring is 1. The summed E-state index contributed by atoms with van der Waals surface area (Å²) >= 11 is 26.2. The van der Waals surface area contributed by atoms with Gasteiger partial charge in [-0.05, 0) is 51.0 Å². The van der Waals surface area contributed by atoms with Gasteiger partial charge in [0.05, 0.1) is 50.5 Å². The molecule has 3 heterocycles. The summed E-state index contributed by atoms with van der Waals surface area (Å²) in [6, 6.07) is 5.15. The van der Waals surface area contributed by atoms with E-state index in [1.165, 1.54) is 38.2 Å². The first-order valence-electron chi connectivity index (χ1n) is 18.2. The van der Waals surface area contributed by atoms with Gasteiger partial charge in [-0.1, -0.05) is 59.2 Å². The van der Waals surface area contributed by atoms with Crippen LogP contribution in [0.3, 0.4) is 0 Å². The van der Waals surface area contributed by atoms with E-state index >= 15 is 0 Å². The van der Waals surface area contributed by atoms with Crippen molar-refractivity contribution in [1.82, 2.24) is 14.9 Å². The van der Waals surface area contributed by atoms with Gasteiger partial charge in [0, 0.05) is 52.4 Å². The third-order valence-electron chi connectivity index (χ3n) is 9.90. The zero-order valence-electron chi connectivity index (χ0n) is 31.7. The number of aromatic hydroxyl groups is 1. The Bertz CT molecular complexity index is 2660. The summed E-state index contributed by atoms with van der Waals surface area (Å²) in [4.78, 5) is 65.1. The summed E-state index contributed by atoms with van der Waals surface area (Å²) in [5.41, 5.74) is 4.05. The third kappa shape index (κ3) is 9.31. The maximum absolute atomic E-state index is 13.6. The van der Waals surface area contributed by atoms with Crippen LogP contribution in [0.4, 0.5) is 5.82 Å². The SMILES string of the molecule is Cc1c2oc3c(C)c(O)c(Cl)cc3c(-c3c(Cl)c(C(=O)NCCCCCCOP(=O)(O)OCC4OC(n5ccc(N)nc5=O)CC4O)cc(Cl)c3C(=O)O)c-2cc(Cl)c1=O. The lowest BCUT2D eigenvalue weighted by Crippen LogP contribution is -2.28. The molecule has 1 aromatic heterocycles. The highest BCUT2D eigenvalue weighted by molar-refractivity contribution is 7.47. The van der Waals surface area contributed by atoms with E-state index in [0.29, 0.717) is 25.7 Å². The molecule has 0 bridgehead atoms. The van der Waals surface area contributed by atoms with Crippen molar-refractivity contribution in [2.75, 3.05) is 25.5 Å². The minimum absolute atomic E-state index is 0.0114. The molecule has 2 aliphatic heterocycles. The lowest BCUT2D eigenvalue weighted by molar-refractivity contribution is -0.0464. The summed E-state index contributed by atoms with van der Waals surface area (Å²) < 4.78 is 35.4. The van der Waals surface area contributed by atoms with Gasteiger partial charge in [-0.3, -0.25) is 23.2 Å². The Kier molecular flexibility index (Phi) is 13.9. The predicted molar refractivity (Wildman–Crippen MR) is 223 cm³/mol. The first-order valence-corrected chi connectivity index (χ1v) is 21.2. The molecule has 7 N–H and O–H groups in total. The second kappa shape index (κ2) is 18.4. The molecule has 3 aromatic rings. The fourth-order valence-electron chi connectivity index (χ4n) is 6.82. The maximum atomic E-state index is 13.6. The van der Waals surface area contributed by atoms with Gasteiger partial charge < -0.3 is 40.4 Å². The molecule has 0 spiro atoms. The van der Waals surface area contributed by atoms with Gasteiger partial charge in [0.15, 0.2) is 0 Å². The summed E-state index contributed by atoms with van der Waals surface area (Å²) in [5, 5.41) is 33.4. The van der Waals surface area contributed by atoms with Gasteiger partial charge in [0.2, 0.25) is 5.43 Å². The van der Waals surface area contributed by atoms with Crippen molar-refractivity contribution in [3.8, 4) is 28.2 Å². The number of benzene rings is 3. The molecule has 0 saturated carbocycles. The molecule has 320 valence electrons. The number of ether oxygens (including phenoxy) is 1. The van der Waals surface area contributed by atoms with Gasteiger partial charge in [-0.25, -0.2) is 14.2 Å². The number of carbonyl (C=O) groups excluding carboxylic acids is 1. The number of aliphatic hydroxyl groups is 1. The van der Waals surface area contributed by atoms with Crippen LogP contribution in [0.15, 0.2) is 44.5 Å². The Balaban J connectivity index is 1.09. The number of phosphoric ester groups is 1. The minimum Gasteiger partial charge on any atom is -0.506 e. The zero-order valence-corrected chi connectivity index (χ0v) is 35.6. The highest BCUT2D eigenvalue weighted by Crippen LogP contribution is 2.50. The Morgan fingerprint density at radius 1 is 1.02 bits per heavy atom. The summed E-state index contributed by atoms with van der Waals surface area (Å²) in [5.74, 6) is -2.43. The van der Waals surface area contributed by atoms with Crippen molar-refractivity contribution in [2.45, 2.75) is 64.4 Å². The van der Waals surface area contributed by atoms with E-state index in [-0.39, 0.29) is 101 Å². The summed E-state index contributed by atoms with van der Waals surface area (Å²) in [6.45, 7) is 2.51. The minimum atomic E-state index is -4.52. The number of aromatic carboxylic acids is 1. The quantitative estimate of drug-likeness (QED) is 0.0347. The van der Waals surface area contributed by atoms with Crippen LogP contribution in [-0.4, -0.2) is 73.6 Å². The van der Waals surface area contributed by atoms with Crippen molar-refractivity contribution >= 4 is 82.9 Å². The van der Waals surface area contributed by atoms with E-state index in [1.54, 1.807) is 0 Å². The van der Waals surface area contributed by atoms with Crippen LogP contribution in [-0.2, 0) is 18.3 Å². The molecule has 1 saturated heterocycles. The number of aromatic nitrogens is 2. The van der Waals surface area contributed by atoms with Gasteiger partial charge in [0.25, 0.3) is 5.91 Å². The predicted octanol–water partition coefficient (Wildman–Crippen LogP) is 7.11. The second-order valence-corrected chi connectivity index (χ2v) is 16.9. The van der Waals surface area contributed by atoms with E-state index in [4.69, 9.17) is 70.3 Å². The number of aliphatic hydroxyl groups excluding tert-OH is 1. The van der Waals surface area contributed by atoms with Crippen LogP contribution < -0.4 is 22.2 Å². The Morgan fingerprint density at radius 2 is 1.73 bits per heavy atom. The van der Waals surface area contributed by atoms with E-state index in [9.17, 15) is 44.0 Å².